The van der Waals surface area contributed by atoms with Crippen LogP contribution in [0.15, 0.2) is 0 Å². The number of nitrogens with two attached hydrogens (primary N) is 1. The Hall–Kier alpha value is -0.410. The van der Waals surface area contributed by atoms with Crippen LogP contribution in [-0.4, -0.2) is 36.4 Å². The average molecular weight is 184 g/mol. The molecule has 0 amide bonds. The predicted molar refractivity (Wildman–Crippen MR) is 53.5 cm³/mol. The molecule has 0 aromatic rings. The van der Waals surface area contributed by atoms with E-state index in [0.717, 1.165) is 25.9 Å². The van der Waals surface area contributed by atoms with Crippen LogP contribution in [0, 0.1) is 5.92 Å². The molecule has 1 aliphatic rings. The van der Waals surface area contributed by atoms with Crippen LogP contribution in [-0.2, 0) is 4.79 Å². The number of likely N-dealkylation sites (tertiary alicyclic amines) is 1. The Morgan fingerprint density at radius 3 is 2.38 bits per heavy atom. The Morgan fingerprint density at radius 1 is 1.46 bits per heavy atom. The van der Waals surface area contributed by atoms with Gasteiger partial charge in [-0.25, -0.2) is 0 Å². The number of carbonyl (C=O) groups excluding carboxylic acids is 1. The molecule has 0 aliphatic carbocycles. The van der Waals surface area contributed by atoms with Crippen molar-refractivity contribution < 1.29 is 4.79 Å². The lowest BCUT2D eigenvalue weighted by molar-refractivity contribution is -0.123. The lowest BCUT2D eigenvalue weighted by atomic mass is 9.92. The number of carbonyl (C=O) groups is 1. The molecule has 1 rings (SSSR count). The van der Waals surface area contributed by atoms with E-state index in [1.54, 1.807) is 0 Å². The van der Waals surface area contributed by atoms with E-state index in [2.05, 4.69) is 18.7 Å². The minimum Gasteiger partial charge on any atom is -0.324 e. The second-order valence-corrected chi connectivity index (χ2v) is 4.07. The quantitative estimate of drug-likeness (QED) is 0.700. The Balaban J connectivity index is 2.34. The van der Waals surface area contributed by atoms with E-state index in [-0.39, 0.29) is 18.2 Å². The van der Waals surface area contributed by atoms with Crippen molar-refractivity contribution in [2.45, 2.75) is 32.7 Å². The van der Waals surface area contributed by atoms with Crippen molar-refractivity contribution in [2.24, 2.45) is 11.7 Å². The molecule has 3 nitrogen and oxygen atoms in total. The molecule has 0 unspecified atom stereocenters. The molecule has 1 fully saturated rings. The summed E-state index contributed by atoms with van der Waals surface area (Å²) >= 11 is 0. The van der Waals surface area contributed by atoms with Crippen molar-refractivity contribution in [2.75, 3.05) is 19.6 Å². The molecule has 3 heteroatoms. The van der Waals surface area contributed by atoms with Crippen molar-refractivity contribution in [3.63, 3.8) is 0 Å². The molecular weight excluding hydrogens is 164 g/mol. The third-order valence-corrected chi connectivity index (χ3v) is 2.92. The van der Waals surface area contributed by atoms with Crippen molar-refractivity contribution >= 4 is 5.78 Å². The number of hydrogen-bond donors (Lipinski definition) is 1. The summed E-state index contributed by atoms with van der Waals surface area (Å²) in [4.78, 5) is 13.7. The lowest BCUT2D eigenvalue weighted by Crippen LogP contribution is -2.41. The van der Waals surface area contributed by atoms with Crippen LogP contribution < -0.4 is 5.73 Å². The van der Waals surface area contributed by atoms with Gasteiger partial charge in [0.1, 0.15) is 5.78 Å². The summed E-state index contributed by atoms with van der Waals surface area (Å²) in [6.45, 7) is 6.71. The number of hydrogen-bond acceptors (Lipinski definition) is 3. The first-order chi connectivity index (χ1) is 6.15. The van der Waals surface area contributed by atoms with Crippen molar-refractivity contribution in [3.05, 3.63) is 0 Å². The summed E-state index contributed by atoms with van der Waals surface area (Å²) in [5.74, 6) is 0.475. The summed E-state index contributed by atoms with van der Waals surface area (Å²) in [6.07, 6.45) is 1.99. The van der Waals surface area contributed by atoms with Crippen LogP contribution >= 0.6 is 0 Å². The molecule has 0 spiro atoms. The van der Waals surface area contributed by atoms with E-state index in [0.29, 0.717) is 6.04 Å². The Bertz CT molecular complexity index is 172. The summed E-state index contributed by atoms with van der Waals surface area (Å²) in [7, 11) is 0. The van der Waals surface area contributed by atoms with Gasteiger partial charge in [-0.15, -0.1) is 0 Å². The Labute approximate surface area is 80.3 Å². The maximum atomic E-state index is 11.3. The van der Waals surface area contributed by atoms with Gasteiger partial charge in [0.2, 0.25) is 0 Å². The predicted octanol–water partition coefficient (Wildman–Crippen LogP) is 0.635. The van der Waals surface area contributed by atoms with Gasteiger partial charge in [0.05, 0.1) is 6.54 Å². The standard InChI is InChI=1S/C10H20N2O/c1-8(2)12-5-3-9(4-6-12)10(13)7-11/h8-9H,3-7,11H2,1-2H3. The smallest absolute Gasteiger partial charge is 0.149 e. The van der Waals surface area contributed by atoms with Crippen molar-refractivity contribution in [3.8, 4) is 0 Å². The third kappa shape index (κ3) is 2.78. The molecule has 0 bridgehead atoms. The summed E-state index contributed by atoms with van der Waals surface area (Å²) < 4.78 is 0. The molecular formula is C10H20N2O. The van der Waals surface area contributed by atoms with Gasteiger partial charge in [0.25, 0.3) is 0 Å². The van der Waals surface area contributed by atoms with Crippen LogP contribution in [0.1, 0.15) is 26.7 Å². The largest absolute Gasteiger partial charge is 0.324 e. The molecule has 76 valence electrons. The van der Waals surface area contributed by atoms with Gasteiger partial charge < -0.3 is 10.6 Å². The first kappa shape index (κ1) is 10.7. The maximum Gasteiger partial charge on any atom is 0.149 e. The van der Waals surface area contributed by atoms with Crippen LogP contribution in [0.4, 0.5) is 0 Å². The van der Waals surface area contributed by atoms with Gasteiger partial charge in [0, 0.05) is 12.0 Å². The summed E-state index contributed by atoms with van der Waals surface area (Å²) in [6, 6.07) is 0.605. The van der Waals surface area contributed by atoms with E-state index in [1.807, 2.05) is 0 Å². The fourth-order valence-electron chi connectivity index (χ4n) is 1.90. The zero-order valence-corrected chi connectivity index (χ0v) is 8.62. The van der Waals surface area contributed by atoms with E-state index in [9.17, 15) is 4.79 Å². The number of Topliss-reactive ketones (excluding diaryl/α,β-unsaturated/α-hetero) is 1. The lowest BCUT2D eigenvalue weighted by Gasteiger charge is -2.33. The molecule has 13 heavy (non-hydrogen) atoms. The SMILES string of the molecule is CC(C)N1CCC(C(=O)CN)CC1. The van der Waals surface area contributed by atoms with Crippen LogP contribution in [0.5, 0.6) is 0 Å². The zero-order valence-electron chi connectivity index (χ0n) is 8.62. The molecule has 0 aromatic heterocycles. The average Bonchev–Trinajstić information content (AvgIpc) is 2.17. The number of nitrogens with zero attached hydrogens (tertiary/aromatic N) is 1. The molecule has 2 N–H and O–H groups in total. The van der Waals surface area contributed by atoms with Gasteiger partial charge in [-0.2, -0.15) is 0 Å². The number of ketones is 1. The number of piperidine rings is 1. The highest BCUT2D eigenvalue weighted by Gasteiger charge is 2.24. The van der Waals surface area contributed by atoms with Crippen LogP contribution in [0.2, 0.25) is 0 Å². The van der Waals surface area contributed by atoms with Crippen LogP contribution in [0.3, 0.4) is 0 Å². The summed E-state index contributed by atoms with van der Waals surface area (Å²) in [5, 5.41) is 0. The van der Waals surface area contributed by atoms with E-state index >= 15 is 0 Å². The third-order valence-electron chi connectivity index (χ3n) is 2.92. The normalized spacial score (nSPS) is 20.9. The van der Waals surface area contributed by atoms with E-state index < -0.39 is 0 Å². The second kappa shape index (κ2) is 4.72. The molecule has 1 aliphatic heterocycles. The monoisotopic (exact) mass is 184 g/mol. The van der Waals surface area contributed by atoms with E-state index in [4.69, 9.17) is 5.73 Å². The maximum absolute atomic E-state index is 11.3. The minimum absolute atomic E-state index is 0.215. The first-order valence-corrected chi connectivity index (χ1v) is 5.12. The minimum atomic E-state index is 0.215. The highest BCUT2D eigenvalue weighted by molar-refractivity contribution is 5.82. The molecule has 1 heterocycles. The highest BCUT2D eigenvalue weighted by atomic mass is 16.1. The van der Waals surface area contributed by atoms with Crippen molar-refractivity contribution in [1.29, 1.82) is 0 Å². The summed E-state index contributed by atoms with van der Waals surface area (Å²) in [5.41, 5.74) is 5.33. The van der Waals surface area contributed by atoms with Crippen LogP contribution in [0.25, 0.3) is 0 Å². The fourth-order valence-corrected chi connectivity index (χ4v) is 1.90. The Kier molecular flexibility index (Phi) is 3.88. The molecule has 0 atom stereocenters. The van der Waals surface area contributed by atoms with Gasteiger partial charge >= 0.3 is 0 Å². The molecule has 1 saturated heterocycles. The number of rotatable bonds is 3. The second-order valence-electron chi connectivity index (χ2n) is 4.07. The topological polar surface area (TPSA) is 46.3 Å². The Morgan fingerprint density at radius 2 is 2.00 bits per heavy atom. The van der Waals surface area contributed by atoms with Crippen molar-refractivity contribution in [1.82, 2.24) is 4.90 Å². The van der Waals surface area contributed by atoms with Gasteiger partial charge in [-0.05, 0) is 39.8 Å². The van der Waals surface area contributed by atoms with Gasteiger partial charge in [-0.1, -0.05) is 0 Å². The van der Waals surface area contributed by atoms with Gasteiger partial charge in [-0.3, -0.25) is 4.79 Å². The first-order valence-electron chi connectivity index (χ1n) is 5.12. The zero-order chi connectivity index (χ0) is 9.84. The molecule has 0 radical (unpaired) electrons. The van der Waals surface area contributed by atoms with E-state index in [1.165, 1.54) is 0 Å². The highest BCUT2D eigenvalue weighted by Crippen LogP contribution is 2.19. The fraction of sp³-hybridized carbons (Fsp3) is 0.900. The molecule has 0 saturated carbocycles. The molecule has 0 aromatic carbocycles. The van der Waals surface area contributed by atoms with Gasteiger partial charge in [0.15, 0.2) is 0 Å².